The molecule has 0 heterocycles. The van der Waals surface area contributed by atoms with Crippen molar-refractivity contribution in [2.24, 2.45) is 0 Å². The molecule has 1 rings (SSSR count). The molecule has 0 aromatic heterocycles. The van der Waals surface area contributed by atoms with Gasteiger partial charge in [-0.3, -0.25) is 0 Å². The van der Waals surface area contributed by atoms with Crippen LogP contribution < -0.4 is 5.43 Å². The van der Waals surface area contributed by atoms with Crippen LogP contribution in [-0.4, -0.2) is 19.1 Å². The molecule has 0 fully saturated rings. The van der Waals surface area contributed by atoms with E-state index in [2.05, 4.69) is 5.43 Å². The van der Waals surface area contributed by atoms with Crippen LogP contribution in [0.1, 0.15) is 0 Å². The topological polar surface area (TPSA) is 15.3 Å². The summed E-state index contributed by atoms with van der Waals surface area (Å²) >= 11 is 0. The van der Waals surface area contributed by atoms with Gasteiger partial charge in [0.25, 0.3) is 0 Å². The Morgan fingerprint density at radius 1 is 1.10 bits per heavy atom. The quantitative estimate of drug-likeness (QED) is 0.621. The Labute approximate surface area is 61.4 Å². The van der Waals surface area contributed by atoms with Crippen LogP contribution in [0.5, 0.6) is 0 Å². The minimum absolute atomic E-state index is 1.12. The molecule has 0 aliphatic heterocycles. The van der Waals surface area contributed by atoms with Gasteiger partial charge in [0.05, 0.1) is 0 Å². The lowest BCUT2D eigenvalue weighted by Gasteiger charge is -2.12. The van der Waals surface area contributed by atoms with Crippen molar-refractivity contribution in [2.75, 3.05) is 19.5 Å². The lowest BCUT2D eigenvalue weighted by atomic mass is 10.3. The molecule has 0 atom stereocenters. The van der Waals surface area contributed by atoms with E-state index >= 15 is 0 Å². The van der Waals surface area contributed by atoms with Gasteiger partial charge in [0.2, 0.25) is 0 Å². The van der Waals surface area contributed by atoms with Crippen LogP contribution in [0.4, 0.5) is 5.69 Å². The van der Waals surface area contributed by atoms with Gasteiger partial charge in [-0.05, 0) is 12.1 Å². The zero-order chi connectivity index (χ0) is 7.40. The number of hydrazine groups is 1. The molecule has 54 valence electrons. The number of rotatable bonds is 2. The predicted molar refractivity (Wildman–Crippen MR) is 43.8 cm³/mol. The lowest BCUT2D eigenvalue weighted by Crippen LogP contribution is -2.19. The van der Waals surface area contributed by atoms with Crippen LogP contribution in [0.2, 0.25) is 0 Å². The van der Waals surface area contributed by atoms with E-state index in [-0.39, 0.29) is 0 Å². The Hall–Kier alpha value is -1.02. The van der Waals surface area contributed by atoms with E-state index in [0.717, 1.165) is 5.69 Å². The van der Waals surface area contributed by atoms with E-state index in [1.54, 1.807) is 0 Å². The van der Waals surface area contributed by atoms with Gasteiger partial charge in [-0.25, -0.2) is 5.01 Å². The maximum Gasteiger partial charge on any atom is 0.0489 e. The SMILES string of the molecule is CN(C)Nc1ccccc1. The highest BCUT2D eigenvalue weighted by Crippen LogP contribution is 2.03. The Bertz CT molecular complexity index is 182. The summed E-state index contributed by atoms with van der Waals surface area (Å²) in [5.41, 5.74) is 4.26. The number of nitrogens with zero attached hydrogens (tertiary/aromatic N) is 1. The van der Waals surface area contributed by atoms with Gasteiger partial charge in [0.15, 0.2) is 0 Å². The number of hydrogen-bond acceptors (Lipinski definition) is 2. The van der Waals surface area contributed by atoms with Gasteiger partial charge < -0.3 is 5.43 Å². The molecule has 0 unspecified atom stereocenters. The smallest absolute Gasteiger partial charge is 0.0489 e. The highest BCUT2D eigenvalue weighted by Gasteiger charge is 1.87. The molecule has 0 aliphatic rings. The number of benzene rings is 1. The minimum Gasteiger partial charge on any atom is -0.319 e. The molecule has 1 aromatic rings. The molecule has 0 aliphatic carbocycles. The number of anilines is 1. The van der Waals surface area contributed by atoms with Gasteiger partial charge in [-0.1, -0.05) is 18.2 Å². The molecule has 0 radical (unpaired) electrons. The van der Waals surface area contributed by atoms with Crippen LogP contribution in [0.3, 0.4) is 0 Å². The summed E-state index contributed by atoms with van der Waals surface area (Å²) < 4.78 is 0. The first-order valence-electron chi connectivity index (χ1n) is 3.28. The Kier molecular flexibility index (Phi) is 2.29. The lowest BCUT2D eigenvalue weighted by molar-refractivity contribution is 0.495. The van der Waals surface area contributed by atoms with E-state index in [4.69, 9.17) is 0 Å². The summed E-state index contributed by atoms with van der Waals surface area (Å²) in [6.45, 7) is 0. The monoisotopic (exact) mass is 136 g/mol. The van der Waals surface area contributed by atoms with Crippen LogP contribution in [0, 0.1) is 0 Å². The van der Waals surface area contributed by atoms with Gasteiger partial charge in [0.1, 0.15) is 0 Å². The third-order valence-electron chi connectivity index (χ3n) is 1.13. The molecule has 0 amide bonds. The van der Waals surface area contributed by atoms with Crippen LogP contribution >= 0.6 is 0 Å². The molecule has 0 bridgehead atoms. The van der Waals surface area contributed by atoms with E-state index < -0.39 is 0 Å². The molecule has 2 nitrogen and oxygen atoms in total. The van der Waals surface area contributed by atoms with Gasteiger partial charge >= 0.3 is 0 Å². The first-order chi connectivity index (χ1) is 4.79. The molecule has 0 spiro atoms. The first-order valence-corrected chi connectivity index (χ1v) is 3.28. The van der Waals surface area contributed by atoms with Gasteiger partial charge in [0, 0.05) is 19.8 Å². The van der Waals surface area contributed by atoms with Crippen molar-refractivity contribution in [1.82, 2.24) is 5.01 Å². The molecule has 0 saturated heterocycles. The first kappa shape index (κ1) is 7.09. The summed E-state index contributed by atoms with van der Waals surface area (Å²) in [6, 6.07) is 10.1. The van der Waals surface area contributed by atoms with Crippen molar-refractivity contribution < 1.29 is 0 Å². The molecular weight excluding hydrogens is 124 g/mol. The summed E-state index contributed by atoms with van der Waals surface area (Å²) in [6.07, 6.45) is 0. The van der Waals surface area contributed by atoms with Crippen molar-refractivity contribution in [3.05, 3.63) is 30.3 Å². The molecule has 1 N–H and O–H groups in total. The second-order valence-electron chi connectivity index (χ2n) is 2.37. The third kappa shape index (κ3) is 2.07. The van der Waals surface area contributed by atoms with Crippen molar-refractivity contribution in [3.63, 3.8) is 0 Å². The predicted octanol–water partition coefficient (Wildman–Crippen LogP) is 1.58. The van der Waals surface area contributed by atoms with Crippen LogP contribution in [-0.2, 0) is 0 Å². The summed E-state index contributed by atoms with van der Waals surface area (Å²) in [7, 11) is 3.93. The number of para-hydroxylation sites is 1. The highest BCUT2D eigenvalue weighted by atomic mass is 15.5. The Balaban J connectivity index is 2.59. The van der Waals surface area contributed by atoms with Crippen LogP contribution in [0.15, 0.2) is 30.3 Å². The Morgan fingerprint density at radius 2 is 1.70 bits per heavy atom. The molecule has 2 heteroatoms. The summed E-state index contributed by atoms with van der Waals surface area (Å²) in [5.74, 6) is 0. The second kappa shape index (κ2) is 3.22. The summed E-state index contributed by atoms with van der Waals surface area (Å²) in [4.78, 5) is 0. The van der Waals surface area contributed by atoms with Crippen LogP contribution in [0.25, 0.3) is 0 Å². The fourth-order valence-corrected chi connectivity index (χ4v) is 0.771. The normalized spacial score (nSPS) is 9.90. The molecule has 10 heavy (non-hydrogen) atoms. The van der Waals surface area contributed by atoms with Gasteiger partial charge in [-0.2, -0.15) is 0 Å². The minimum atomic E-state index is 1.12. The van der Waals surface area contributed by atoms with Gasteiger partial charge in [-0.15, -0.1) is 0 Å². The average Bonchev–Trinajstić information content (AvgIpc) is 1.88. The van der Waals surface area contributed by atoms with E-state index in [1.165, 1.54) is 0 Å². The van der Waals surface area contributed by atoms with Crippen molar-refractivity contribution in [2.45, 2.75) is 0 Å². The maximum absolute atomic E-state index is 3.14. The zero-order valence-corrected chi connectivity index (χ0v) is 6.33. The van der Waals surface area contributed by atoms with E-state index in [0.29, 0.717) is 0 Å². The average molecular weight is 136 g/mol. The third-order valence-corrected chi connectivity index (χ3v) is 1.13. The number of nitrogens with one attached hydrogen (secondary N) is 1. The van der Waals surface area contributed by atoms with Crippen molar-refractivity contribution >= 4 is 5.69 Å². The maximum atomic E-state index is 3.14. The van der Waals surface area contributed by atoms with Crippen molar-refractivity contribution in [1.29, 1.82) is 0 Å². The molecule has 1 aromatic carbocycles. The Morgan fingerprint density at radius 3 is 2.20 bits per heavy atom. The molecular formula is C8H12N2. The summed E-state index contributed by atoms with van der Waals surface area (Å²) in [5, 5.41) is 1.91. The fraction of sp³-hybridized carbons (Fsp3) is 0.250. The molecule has 0 saturated carbocycles. The van der Waals surface area contributed by atoms with E-state index in [1.807, 2.05) is 49.4 Å². The van der Waals surface area contributed by atoms with E-state index in [9.17, 15) is 0 Å². The van der Waals surface area contributed by atoms with Crippen molar-refractivity contribution in [3.8, 4) is 0 Å². The fourth-order valence-electron chi connectivity index (χ4n) is 0.771. The highest BCUT2D eigenvalue weighted by molar-refractivity contribution is 5.41. The largest absolute Gasteiger partial charge is 0.319 e. The second-order valence-corrected chi connectivity index (χ2v) is 2.37. The standard InChI is InChI=1S/C8H12N2/c1-10(2)9-8-6-4-3-5-7-8/h3-7,9H,1-2H3. The zero-order valence-electron chi connectivity index (χ0n) is 6.33. The number of hydrogen-bond donors (Lipinski definition) is 1.